The number of carbonyl (C=O) groups is 8. The number of thioether (sulfide) groups is 1. The van der Waals surface area contributed by atoms with Crippen LogP contribution in [0.3, 0.4) is 0 Å². The fourth-order valence-electron chi connectivity index (χ4n) is 5.14. The lowest BCUT2D eigenvalue weighted by molar-refractivity contribution is -0.139. The van der Waals surface area contributed by atoms with Gasteiger partial charge in [0.25, 0.3) is 17.7 Å². The Balaban J connectivity index is 1.55. The summed E-state index contributed by atoms with van der Waals surface area (Å²) in [6.07, 6.45) is 4.04. The Morgan fingerprint density at radius 1 is 0.763 bits per heavy atom. The number of guanidine groups is 1. The number of alkyl halides is 1. The molecule has 59 heavy (non-hydrogen) atoms. The van der Waals surface area contributed by atoms with Crippen molar-refractivity contribution in [3.05, 3.63) is 53.9 Å². The maximum Gasteiger partial charge on any atom is 0.322 e. The first-order chi connectivity index (χ1) is 27.7. The summed E-state index contributed by atoms with van der Waals surface area (Å²) in [5, 5.41) is 31.9. The van der Waals surface area contributed by atoms with Gasteiger partial charge in [0.15, 0.2) is 5.96 Å². The molecule has 3 aromatic heterocycles. The molecule has 0 spiro atoms. The van der Waals surface area contributed by atoms with E-state index in [0.717, 1.165) is 11.8 Å². The van der Waals surface area contributed by atoms with Crippen molar-refractivity contribution in [3.8, 4) is 0 Å². The number of hydrogen-bond donors (Lipinski definition) is 11. The number of nitrogens with zero attached hydrogens (tertiary/aromatic N) is 4. The van der Waals surface area contributed by atoms with Crippen molar-refractivity contribution in [1.29, 1.82) is 0 Å². The Kier molecular flexibility index (Phi) is 17.3. The van der Waals surface area contributed by atoms with Crippen LogP contribution in [-0.4, -0.2) is 126 Å². The number of aliphatic imine (C=N–C) groups is 1. The van der Waals surface area contributed by atoms with Crippen LogP contribution in [-0.2, 0) is 45.1 Å². The predicted molar refractivity (Wildman–Crippen MR) is 218 cm³/mol. The molecule has 14 N–H and O–H groups in total. The number of hydrogen-bond acceptors (Lipinski definition) is 11. The molecule has 3 aromatic rings. The van der Waals surface area contributed by atoms with Gasteiger partial charge in [-0.2, -0.15) is 11.8 Å². The first-order valence-electron chi connectivity index (χ1n) is 17.5. The average Bonchev–Trinajstić information content (AvgIpc) is 3.84. The average molecular weight is 864 g/mol. The molecule has 3 atom stereocenters. The Bertz CT molecular complexity index is 2090. The number of halogens is 1. The second-order valence-corrected chi connectivity index (χ2v) is 14.5. The summed E-state index contributed by atoms with van der Waals surface area (Å²) in [5.41, 5.74) is 17.5. The molecule has 3 heterocycles. The normalized spacial score (nSPS) is 12.3. The molecule has 0 aliphatic carbocycles. The van der Waals surface area contributed by atoms with Gasteiger partial charge in [-0.1, -0.05) is 0 Å². The minimum absolute atomic E-state index is 0.0530. The molecule has 0 aromatic carbocycles. The van der Waals surface area contributed by atoms with E-state index in [9.17, 15) is 38.4 Å². The molecular weight excluding hydrogens is 818 g/mol. The van der Waals surface area contributed by atoms with Gasteiger partial charge in [-0.05, 0) is 24.6 Å². The highest BCUT2D eigenvalue weighted by molar-refractivity contribution is 7.99. The molecule has 0 saturated heterocycles. The monoisotopic (exact) mass is 863 g/mol. The first-order valence-corrected chi connectivity index (χ1v) is 19.1. The number of aliphatic carboxylic acids is 2. The van der Waals surface area contributed by atoms with E-state index >= 15 is 0 Å². The number of aryl methyl sites for hydroxylation is 3. The van der Waals surface area contributed by atoms with E-state index in [1.54, 1.807) is 27.3 Å². The maximum atomic E-state index is 13.2. The minimum atomic E-state index is -1.32. The maximum absolute atomic E-state index is 13.2. The zero-order valence-electron chi connectivity index (χ0n) is 32.1. The van der Waals surface area contributed by atoms with Crippen molar-refractivity contribution in [2.24, 2.45) is 43.3 Å². The summed E-state index contributed by atoms with van der Waals surface area (Å²) in [6, 6.07) is 1.81. The summed E-state index contributed by atoms with van der Waals surface area (Å²) in [4.78, 5) is 102. The van der Waals surface area contributed by atoms with Crippen molar-refractivity contribution in [2.75, 3.05) is 47.1 Å². The van der Waals surface area contributed by atoms with Crippen molar-refractivity contribution < 1.29 is 48.6 Å². The van der Waals surface area contributed by atoms with Gasteiger partial charge >= 0.3 is 11.9 Å². The highest BCUT2D eigenvalue weighted by atomic mass is 35.5. The van der Waals surface area contributed by atoms with Crippen LogP contribution in [0.15, 0.2) is 41.8 Å². The third kappa shape index (κ3) is 14.7. The zero-order valence-corrected chi connectivity index (χ0v) is 33.7. The highest BCUT2D eigenvalue weighted by Crippen LogP contribution is 2.21. The summed E-state index contributed by atoms with van der Waals surface area (Å²) in [7, 11) is 4.81. The molecule has 0 radical (unpaired) electrons. The number of carboxylic acids is 2. The Labute approximate surface area is 345 Å². The molecule has 25 heteroatoms. The summed E-state index contributed by atoms with van der Waals surface area (Å²) in [5.74, 6) is -6.55. The minimum Gasteiger partial charge on any atom is -0.480 e. The number of nitrogens with one attached hydrogen (secondary N) is 6. The first kappa shape index (κ1) is 46.8. The van der Waals surface area contributed by atoms with Crippen molar-refractivity contribution in [3.63, 3.8) is 0 Å². The Hall–Kier alpha value is -6.53. The standard InChI is InChI=1S/C34H46ClN13O10S/c1-46-13-18(8-23(46)30(54)39-6-7-40-34(37)38)43-32(56)25-10-19(14-48(25)3)44-31(55)24-9-17(12-47(24)2)42-28(52)20(35)15-59-16-22(29(53)41-11-27(50)51)45-26(49)5-4-21(36)33(57)58/h8-10,12-14,20-22H,4-7,11,15-16,36H2,1-3H3,(H,39,54)(H,41,53)(H,42,52)(H,43,56)(H,44,55)(H,45,49)(H,50,51)(H,57,58)(H4,37,38,40). The lowest BCUT2D eigenvalue weighted by Crippen LogP contribution is -2.49. The van der Waals surface area contributed by atoms with Gasteiger partial charge in [0.1, 0.15) is 41.1 Å². The molecule has 6 amide bonds. The smallest absolute Gasteiger partial charge is 0.322 e. The van der Waals surface area contributed by atoms with E-state index in [2.05, 4.69) is 36.9 Å². The topological polar surface area (TPSA) is 354 Å². The lowest BCUT2D eigenvalue weighted by atomic mass is 10.1. The number of anilines is 3. The van der Waals surface area contributed by atoms with Crippen LogP contribution in [0.4, 0.5) is 17.1 Å². The largest absolute Gasteiger partial charge is 0.480 e. The van der Waals surface area contributed by atoms with E-state index < -0.39 is 71.4 Å². The van der Waals surface area contributed by atoms with E-state index in [-0.39, 0.29) is 71.9 Å². The van der Waals surface area contributed by atoms with Gasteiger partial charge in [-0.25, -0.2) is 0 Å². The van der Waals surface area contributed by atoms with Gasteiger partial charge in [-0.15, -0.1) is 11.6 Å². The van der Waals surface area contributed by atoms with E-state index in [1.165, 1.54) is 44.3 Å². The zero-order chi connectivity index (χ0) is 44.0. The summed E-state index contributed by atoms with van der Waals surface area (Å²) < 4.78 is 4.49. The second-order valence-electron chi connectivity index (χ2n) is 12.9. The quantitative estimate of drug-likeness (QED) is 0.0234. The third-order valence-corrected chi connectivity index (χ3v) is 9.76. The molecule has 0 saturated carbocycles. The summed E-state index contributed by atoms with van der Waals surface area (Å²) >= 11 is 7.32. The van der Waals surface area contributed by atoms with E-state index in [4.69, 9.17) is 39.0 Å². The van der Waals surface area contributed by atoms with Crippen LogP contribution in [0.25, 0.3) is 0 Å². The van der Waals surface area contributed by atoms with Crippen molar-refractivity contribution in [2.45, 2.75) is 30.3 Å². The number of aromatic nitrogens is 3. The fraction of sp³-hybridized carbons (Fsp3) is 0.382. The fourth-order valence-corrected chi connectivity index (χ4v) is 6.43. The lowest BCUT2D eigenvalue weighted by Gasteiger charge is -2.19. The SMILES string of the molecule is Cn1cc(NC(=O)c2cc(NC(=O)c3cc(NC(=O)C(Cl)CSCC(NC(=O)CCC(N)C(=O)O)C(=O)NCC(=O)O)cn3C)cn2C)cc1C(=O)NCCN=C(N)N. The molecule has 0 bridgehead atoms. The van der Waals surface area contributed by atoms with Gasteiger partial charge in [0, 0.05) is 64.2 Å². The van der Waals surface area contributed by atoms with Crippen LogP contribution in [0.1, 0.15) is 44.3 Å². The molecule has 3 unspecified atom stereocenters. The van der Waals surface area contributed by atoms with Crippen LogP contribution in [0.5, 0.6) is 0 Å². The van der Waals surface area contributed by atoms with Crippen LogP contribution in [0.2, 0.25) is 0 Å². The molecule has 0 fully saturated rings. The number of nitrogens with two attached hydrogens (primary N) is 3. The van der Waals surface area contributed by atoms with Gasteiger partial charge in [-0.3, -0.25) is 43.3 Å². The molecule has 320 valence electrons. The molecule has 0 aliphatic heterocycles. The molecular formula is C34H46ClN13O10S. The number of rotatable bonds is 22. The Morgan fingerprint density at radius 2 is 1.27 bits per heavy atom. The number of amides is 6. The molecule has 3 rings (SSSR count). The van der Waals surface area contributed by atoms with Crippen LogP contribution in [0, 0.1) is 0 Å². The summed E-state index contributed by atoms with van der Waals surface area (Å²) in [6.45, 7) is -0.325. The number of carboxylic acid groups (broad SMARTS) is 2. The van der Waals surface area contributed by atoms with Crippen molar-refractivity contribution >= 4 is 93.8 Å². The van der Waals surface area contributed by atoms with Gasteiger partial charge in [0.2, 0.25) is 17.7 Å². The van der Waals surface area contributed by atoms with Gasteiger partial charge < -0.3 is 73.0 Å². The number of carbonyl (C=O) groups excluding carboxylic acids is 6. The van der Waals surface area contributed by atoms with Crippen molar-refractivity contribution in [1.82, 2.24) is 29.7 Å². The van der Waals surface area contributed by atoms with E-state index in [0.29, 0.717) is 5.69 Å². The van der Waals surface area contributed by atoms with Crippen LogP contribution >= 0.6 is 23.4 Å². The predicted octanol–water partition coefficient (Wildman–Crippen LogP) is -1.63. The van der Waals surface area contributed by atoms with E-state index in [1.807, 2.05) is 0 Å². The van der Waals surface area contributed by atoms with Crippen LogP contribution < -0.4 is 49.1 Å². The Morgan fingerprint density at radius 3 is 1.76 bits per heavy atom. The second kappa shape index (κ2) is 21.8. The molecule has 0 aliphatic rings. The highest BCUT2D eigenvalue weighted by Gasteiger charge is 2.25. The molecule has 23 nitrogen and oxygen atoms in total. The van der Waals surface area contributed by atoms with Gasteiger partial charge in [0.05, 0.1) is 23.6 Å². The third-order valence-electron chi connectivity index (χ3n) is 8.09.